The van der Waals surface area contributed by atoms with Crippen LogP contribution in [0, 0.1) is 0 Å². The molecule has 0 heterocycles. The van der Waals surface area contributed by atoms with E-state index in [1.54, 1.807) is 12.1 Å². The summed E-state index contributed by atoms with van der Waals surface area (Å²) in [5.41, 5.74) is 6.25. The highest BCUT2D eigenvalue weighted by molar-refractivity contribution is 7.79. The van der Waals surface area contributed by atoms with Crippen LogP contribution < -0.4 is 5.73 Å². The van der Waals surface area contributed by atoms with Crippen molar-refractivity contribution in [2.75, 3.05) is 5.73 Å². The van der Waals surface area contributed by atoms with E-state index in [0.717, 1.165) is 10.8 Å². The number of phenolic OH excluding ortho intramolecular Hbond substituents is 1. The van der Waals surface area contributed by atoms with Crippen LogP contribution in [0.2, 0.25) is 0 Å². The van der Waals surface area contributed by atoms with Crippen molar-refractivity contribution in [2.24, 2.45) is 0 Å². The first kappa shape index (κ1) is 13.2. The van der Waals surface area contributed by atoms with E-state index in [4.69, 9.17) is 23.3 Å². The molecule has 0 aliphatic carbocycles. The van der Waals surface area contributed by atoms with E-state index in [1.165, 1.54) is 0 Å². The zero-order chi connectivity index (χ0) is 13.1. The molecule has 0 bridgehead atoms. The van der Waals surface area contributed by atoms with Crippen molar-refractivity contribution in [3.8, 4) is 5.75 Å². The Balaban J connectivity index is 0.000000249. The predicted octanol–water partition coefficient (Wildman–Crippen LogP) is 1.47. The summed E-state index contributed by atoms with van der Waals surface area (Å²) in [5.74, 6) is 0.278. The second-order valence-corrected chi connectivity index (χ2v) is 4.10. The number of benzene rings is 2. The van der Waals surface area contributed by atoms with Crippen molar-refractivity contribution in [1.82, 2.24) is 0 Å². The minimum Gasteiger partial charge on any atom is -0.507 e. The van der Waals surface area contributed by atoms with E-state index in [-0.39, 0.29) is 5.75 Å². The summed E-state index contributed by atoms with van der Waals surface area (Å²) in [6.45, 7) is 0. The molecule has 92 valence electrons. The number of anilines is 1. The maximum atomic E-state index is 9.44. The zero-order valence-corrected chi connectivity index (χ0v) is 9.42. The average molecular weight is 257 g/mol. The first-order valence-electron chi connectivity index (χ1n) is 4.44. The number of aromatic hydroxyl groups is 1. The second kappa shape index (κ2) is 5.00. The Bertz CT molecular complexity index is 616. The Hall–Kier alpha value is -1.83. The molecule has 0 saturated heterocycles. The van der Waals surface area contributed by atoms with Crippen LogP contribution in [-0.4, -0.2) is 22.6 Å². The lowest BCUT2D eigenvalue weighted by molar-refractivity contribution is 0.381. The molecular formula is C10H11NO5S. The lowest BCUT2D eigenvalue weighted by Crippen LogP contribution is -1.89. The summed E-state index contributed by atoms with van der Waals surface area (Å²) in [5, 5.41) is 11.2. The van der Waals surface area contributed by atoms with Crippen LogP contribution >= 0.6 is 0 Å². The first-order chi connectivity index (χ1) is 7.77. The molecule has 7 heteroatoms. The topological polar surface area (TPSA) is 121 Å². The summed E-state index contributed by atoms with van der Waals surface area (Å²) in [7, 11) is -4.67. The van der Waals surface area contributed by atoms with Crippen LogP contribution in [0.1, 0.15) is 0 Å². The number of fused-ring (bicyclic) bond motifs is 1. The summed E-state index contributed by atoms with van der Waals surface area (Å²) < 4.78 is 31.6. The first-order valence-corrected chi connectivity index (χ1v) is 5.84. The van der Waals surface area contributed by atoms with Gasteiger partial charge in [-0.05, 0) is 23.6 Å². The van der Waals surface area contributed by atoms with Gasteiger partial charge in [-0.15, -0.1) is 0 Å². The highest BCUT2D eigenvalue weighted by Crippen LogP contribution is 2.25. The molecule has 0 radical (unpaired) electrons. The molecule has 0 spiro atoms. The maximum Gasteiger partial charge on any atom is 0.394 e. The van der Waals surface area contributed by atoms with Crippen LogP contribution in [0.25, 0.3) is 10.8 Å². The number of rotatable bonds is 0. The summed E-state index contributed by atoms with van der Waals surface area (Å²) in [4.78, 5) is 0. The number of nitrogens with two attached hydrogens (primary N) is 1. The molecule has 0 unspecified atom stereocenters. The van der Waals surface area contributed by atoms with Gasteiger partial charge in [-0.3, -0.25) is 9.11 Å². The molecule has 17 heavy (non-hydrogen) atoms. The number of hydrogen-bond acceptors (Lipinski definition) is 4. The average Bonchev–Trinajstić information content (AvgIpc) is 2.17. The fourth-order valence-electron chi connectivity index (χ4n) is 1.27. The number of nitrogen functional groups attached to an aromatic ring is 1. The molecule has 0 aromatic heterocycles. The number of hydrogen-bond donors (Lipinski definition) is 4. The zero-order valence-electron chi connectivity index (χ0n) is 8.61. The van der Waals surface area contributed by atoms with E-state index in [1.807, 2.05) is 24.3 Å². The minimum atomic E-state index is -4.67. The van der Waals surface area contributed by atoms with Crippen LogP contribution in [0.5, 0.6) is 5.75 Å². The quantitative estimate of drug-likeness (QED) is 0.419. The molecule has 2 aromatic rings. The van der Waals surface area contributed by atoms with Gasteiger partial charge in [0.1, 0.15) is 5.75 Å². The highest BCUT2D eigenvalue weighted by Gasteiger charge is 1.97. The van der Waals surface area contributed by atoms with Gasteiger partial charge in [0.25, 0.3) is 0 Å². The van der Waals surface area contributed by atoms with Gasteiger partial charge >= 0.3 is 10.4 Å². The Morgan fingerprint density at radius 3 is 2.24 bits per heavy atom. The van der Waals surface area contributed by atoms with Gasteiger partial charge in [0.05, 0.1) is 0 Å². The SMILES string of the molecule is Nc1ccc2cccc(O)c2c1.O=S(=O)(O)O. The van der Waals surface area contributed by atoms with E-state index in [0.29, 0.717) is 5.69 Å². The highest BCUT2D eigenvalue weighted by atomic mass is 32.3. The molecule has 2 rings (SSSR count). The molecule has 0 aliphatic rings. The third-order valence-corrected chi connectivity index (χ3v) is 1.88. The molecule has 0 aliphatic heterocycles. The van der Waals surface area contributed by atoms with E-state index in [2.05, 4.69) is 0 Å². The van der Waals surface area contributed by atoms with E-state index < -0.39 is 10.4 Å². The van der Waals surface area contributed by atoms with Gasteiger partial charge in [0.15, 0.2) is 0 Å². The van der Waals surface area contributed by atoms with Crippen molar-refractivity contribution >= 4 is 26.9 Å². The van der Waals surface area contributed by atoms with Gasteiger partial charge in [-0.1, -0.05) is 18.2 Å². The van der Waals surface area contributed by atoms with Crippen molar-refractivity contribution in [3.63, 3.8) is 0 Å². The lowest BCUT2D eigenvalue weighted by Gasteiger charge is -2.00. The Morgan fingerprint density at radius 2 is 1.65 bits per heavy atom. The van der Waals surface area contributed by atoms with Crippen LogP contribution in [0.3, 0.4) is 0 Å². The van der Waals surface area contributed by atoms with Gasteiger partial charge in [0, 0.05) is 11.1 Å². The van der Waals surface area contributed by atoms with Gasteiger partial charge in [-0.2, -0.15) is 8.42 Å². The normalized spacial score (nSPS) is 10.7. The molecule has 2 aromatic carbocycles. The largest absolute Gasteiger partial charge is 0.507 e. The Kier molecular flexibility index (Phi) is 3.89. The van der Waals surface area contributed by atoms with Gasteiger partial charge < -0.3 is 10.8 Å². The summed E-state index contributed by atoms with van der Waals surface area (Å²) >= 11 is 0. The second-order valence-electron chi connectivity index (χ2n) is 3.21. The fraction of sp³-hybridized carbons (Fsp3) is 0. The van der Waals surface area contributed by atoms with E-state index >= 15 is 0 Å². The van der Waals surface area contributed by atoms with Crippen molar-refractivity contribution in [1.29, 1.82) is 0 Å². The van der Waals surface area contributed by atoms with Crippen molar-refractivity contribution < 1.29 is 22.6 Å². The van der Waals surface area contributed by atoms with Crippen LogP contribution in [0.4, 0.5) is 5.69 Å². The standard InChI is InChI=1S/C10H9NO.H2O4S/c11-8-5-4-7-2-1-3-10(12)9(7)6-8;1-5(2,3)4/h1-6,12H,11H2;(H2,1,2,3,4). The van der Waals surface area contributed by atoms with Crippen molar-refractivity contribution in [3.05, 3.63) is 36.4 Å². The lowest BCUT2D eigenvalue weighted by atomic mass is 10.1. The van der Waals surface area contributed by atoms with Crippen LogP contribution in [-0.2, 0) is 10.4 Å². The predicted molar refractivity (Wildman–Crippen MR) is 64.2 cm³/mol. The molecule has 0 fully saturated rings. The van der Waals surface area contributed by atoms with Gasteiger partial charge in [0.2, 0.25) is 0 Å². The van der Waals surface area contributed by atoms with Crippen molar-refractivity contribution in [2.45, 2.75) is 0 Å². The summed E-state index contributed by atoms with van der Waals surface area (Å²) in [6, 6.07) is 10.9. The van der Waals surface area contributed by atoms with Crippen LogP contribution in [0.15, 0.2) is 36.4 Å². The maximum absolute atomic E-state index is 9.44. The molecular weight excluding hydrogens is 246 g/mol. The van der Waals surface area contributed by atoms with Gasteiger partial charge in [-0.25, -0.2) is 0 Å². The monoisotopic (exact) mass is 257 g/mol. The minimum absolute atomic E-state index is 0.278. The smallest absolute Gasteiger partial charge is 0.394 e. The Morgan fingerprint density at radius 1 is 1.06 bits per heavy atom. The molecule has 5 N–H and O–H groups in total. The third kappa shape index (κ3) is 4.68. The molecule has 0 saturated carbocycles. The number of phenols is 1. The summed E-state index contributed by atoms with van der Waals surface area (Å²) in [6.07, 6.45) is 0. The Labute approximate surface area is 97.9 Å². The third-order valence-electron chi connectivity index (χ3n) is 1.88. The van der Waals surface area contributed by atoms with E-state index in [9.17, 15) is 5.11 Å². The molecule has 0 atom stereocenters. The fourth-order valence-corrected chi connectivity index (χ4v) is 1.27. The molecule has 0 amide bonds. The molecule has 6 nitrogen and oxygen atoms in total.